The SMILES string of the molecule is CC[Si](CC)(CC)CCC1CCCCC1. The summed E-state index contributed by atoms with van der Waals surface area (Å²) in [5.41, 5.74) is 0. The fraction of sp³-hybridized carbons (Fsp3) is 1.00. The van der Waals surface area contributed by atoms with Gasteiger partial charge in [0.1, 0.15) is 0 Å². The van der Waals surface area contributed by atoms with E-state index in [1.165, 1.54) is 37.4 Å². The molecular weight excluding hydrogens is 196 g/mol. The maximum Gasteiger partial charge on any atom is 0.0527 e. The van der Waals surface area contributed by atoms with E-state index < -0.39 is 8.07 Å². The summed E-state index contributed by atoms with van der Waals surface area (Å²) in [6.45, 7) is 7.33. The molecule has 0 heterocycles. The van der Waals surface area contributed by atoms with Crippen molar-refractivity contribution in [2.75, 3.05) is 0 Å². The Morgan fingerprint density at radius 3 is 1.87 bits per heavy atom. The molecule has 0 spiro atoms. The van der Waals surface area contributed by atoms with Gasteiger partial charge >= 0.3 is 0 Å². The second kappa shape index (κ2) is 6.73. The Morgan fingerprint density at radius 2 is 1.40 bits per heavy atom. The van der Waals surface area contributed by atoms with Crippen LogP contribution in [0.3, 0.4) is 0 Å². The van der Waals surface area contributed by atoms with Gasteiger partial charge in [0.25, 0.3) is 0 Å². The predicted molar refractivity (Wildman–Crippen MR) is 73.2 cm³/mol. The lowest BCUT2D eigenvalue weighted by Gasteiger charge is -2.31. The van der Waals surface area contributed by atoms with E-state index >= 15 is 0 Å². The zero-order chi connectivity index (χ0) is 11.1. The number of hydrogen-bond acceptors (Lipinski definition) is 0. The summed E-state index contributed by atoms with van der Waals surface area (Å²) in [6, 6.07) is 6.19. The first-order valence-corrected chi connectivity index (χ1v) is 10.1. The summed E-state index contributed by atoms with van der Waals surface area (Å²) in [7, 11) is -0.801. The molecule has 0 nitrogen and oxygen atoms in total. The minimum absolute atomic E-state index is 0.801. The minimum atomic E-state index is -0.801. The minimum Gasteiger partial charge on any atom is -0.0678 e. The molecule has 0 bridgehead atoms. The first kappa shape index (κ1) is 13.3. The second-order valence-corrected chi connectivity index (χ2v) is 11.2. The van der Waals surface area contributed by atoms with Crippen LogP contribution in [0.1, 0.15) is 59.3 Å². The standard InChI is InChI=1S/C14H30Si/c1-4-15(5-2,6-3)13-12-14-10-8-7-9-11-14/h14H,4-13H2,1-3H3. The monoisotopic (exact) mass is 226 g/mol. The highest BCUT2D eigenvalue weighted by Crippen LogP contribution is 2.33. The molecular formula is C14H30Si. The van der Waals surface area contributed by atoms with Crippen molar-refractivity contribution in [2.45, 2.75) is 83.5 Å². The molecule has 0 aromatic rings. The molecule has 0 aliphatic heterocycles. The molecule has 0 unspecified atom stereocenters. The highest BCUT2D eigenvalue weighted by molar-refractivity contribution is 6.79. The van der Waals surface area contributed by atoms with Gasteiger partial charge in [-0.15, -0.1) is 0 Å². The van der Waals surface area contributed by atoms with E-state index in [4.69, 9.17) is 0 Å². The zero-order valence-electron chi connectivity index (χ0n) is 11.1. The number of rotatable bonds is 6. The lowest BCUT2D eigenvalue weighted by molar-refractivity contribution is 0.348. The van der Waals surface area contributed by atoms with Gasteiger partial charge in [-0.1, -0.05) is 83.5 Å². The van der Waals surface area contributed by atoms with Gasteiger partial charge in [0.05, 0.1) is 8.07 Å². The van der Waals surface area contributed by atoms with Gasteiger partial charge in [-0.05, 0) is 5.92 Å². The maximum absolute atomic E-state index is 2.44. The Hall–Kier alpha value is 0.217. The molecule has 0 radical (unpaired) electrons. The van der Waals surface area contributed by atoms with Crippen molar-refractivity contribution in [3.05, 3.63) is 0 Å². The van der Waals surface area contributed by atoms with Gasteiger partial charge in [0.15, 0.2) is 0 Å². The van der Waals surface area contributed by atoms with Crippen molar-refractivity contribution in [3.63, 3.8) is 0 Å². The van der Waals surface area contributed by atoms with Crippen molar-refractivity contribution in [3.8, 4) is 0 Å². The van der Waals surface area contributed by atoms with Crippen LogP contribution in [-0.2, 0) is 0 Å². The topological polar surface area (TPSA) is 0 Å². The van der Waals surface area contributed by atoms with E-state index in [0.717, 1.165) is 5.92 Å². The Labute approximate surface area is 97.9 Å². The normalized spacial score (nSPS) is 19.4. The van der Waals surface area contributed by atoms with Crippen LogP contribution in [0.25, 0.3) is 0 Å². The molecule has 1 aliphatic rings. The smallest absolute Gasteiger partial charge is 0.0527 e. The summed E-state index contributed by atoms with van der Waals surface area (Å²) in [5.74, 6) is 1.11. The van der Waals surface area contributed by atoms with Gasteiger partial charge in [-0.3, -0.25) is 0 Å². The maximum atomic E-state index is 2.44. The molecule has 0 amide bonds. The van der Waals surface area contributed by atoms with Crippen LogP contribution in [0, 0.1) is 5.92 Å². The first-order chi connectivity index (χ1) is 7.26. The Morgan fingerprint density at radius 1 is 0.867 bits per heavy atom. The van der Waals surface area contributed by atoms with E-state index in [-0.39, 0.29) is 0 Å². The second-order valence-electron chi connectivity index (χ2n) is 5.60. The Balaban J connectivity index is 2.31. The highest BCUT2D eigenvalue weighted by Gasteiger charge is 2.27. The third-order valence-electron chi connectivity index (χ3n) is 5.06. The molecule has 1 aliphatic carbocycles. The van der Waals surface area contributed by atoms with Crippen LogP contribution in [-0.4, -0.2) is 8.07 Å². The first-order valence-electron chi connectivity index (χ1n) is 7.26. The lowest BCUT2D eigenvalue weighted by Crippen LogP contribution is -2.31. The molecule has 0 atom stereocenters. The summed E-state index contributed by atoms with van der Waals surface area (Å²) in [4.78, 5) is 0. The molecule has 1 saturated carbocycles. The predicted octanol–water partition coefficient (Wildman–Crippen LogP) is 5.47. The zero-order valence-corrected chi connectivity index (χ0v) is 12.1. The van der Waals surface area contributed by atoms with Crippen LogP contribution in [0.2, 0.25) is 24.2 Å². The van der Waals surface area contributed by atoms with Crippen molar-refractivity contribution in [1.29, 1.82) is 0 Å². The van der Waals surface area contributed by atoms with Crippen LogP contribution in [0.5, 0.6) is 0 Å². The number of hydrogen-bond donors (Lipinski definition) is 0. The molecule has 0 aromatic carbocycles. The lowest BCUT2D eigenvalue weighted by atomic mass is 9.88. The van der Waals surface area contributed by atoms with Gasteiger partial charge in [0.2, 0.25) is 0 Å². The summed E-state index contributed by atoms with van der Waals surface area (Å²) in [6.07, 6.45) is 9.20. The van der Waals surface area contributed by atoms with Crippen LogP contribution < -0.4 is 0 Å². The van der Waals surface area contributed by atoms with E-state index in [2.05, 4.69) is 20.8 Å². The van der Waals surface area contributed by atoms with E-state index in [0.29, 0.717) is 0 Å². The Kier molecular flexibility index (Phi) is 5.96. The molecule has 1 fully saturated rings. The van der Waals surface area contributed by atoms with Crippen molar-refractivity contribution < 1.29 is 0 Å². The van der Waals surface area contributed by atoms with E-state index in [1.807, 2.05) is 0 Å². The molecule has 90 valence electrons. The van der Waals surface area contributed by atoms with Crippen molar-refractivity contribution >= 4 is 8.07 Å². The fourth-order valence-corrected chi connectivity index (χ4v) is 6.85. The van der Waals surface area contributed by atoms with Crippen LogP contribution in [0.4, 0.5) is 0 Å². The van der Waals surface area contributed by atoms with Crippen LogP contribution in [0.15, 0.2) is 0 Å². The molecule has 15 heavy (non-hydrogen) atoms. The molecule has 1 rings (SSSR count). The average molecular weight is 226 g/mol. The summed E-state index contributed by atoms with van der Waals surface area (Å²) in [5, 5.41) is 0. The third-order valence-corrected chi connectivity index (χ3v) is 10.9. The van der Waals surface area contributed by atoms with Crippen molar-refractivity contribution in [1.82, 2.24) is 0 Å². The van der Waals surface area contributed by atoms with Crippen LogP contribution >= 0.6 is 0 Å². The average Bonchev–Trinajstić information content (AvgIpc) is 2.33. The van der Waals surface area contributed by atoms with Crippen molar-refractivity contribution in [2.24, 2.45) is 5.92 Å². The van der Waals surface area contributed by atoms with E-state index in [1.54, 1.807) is 25.3 Å². The molecule has 0 saturated heterocycles. The van der Waals surface area contributed by atoms with Gasteiger partial charge in [-0.25, -0.2) is 0 Å². The largest absolute Gasteiger partial charge is 0.0678 e. The third kappa shape index (κ3) is 3.94. The van der Waals surface area contributed by atoms with Gasteiger partial charge in [-0.2, -0.15) is 0 Å². The molecule has 0 N–H and O–H groups in total. The molecule has 1 heteroatoms. The quantitative estimate of drug-likeness (QED) is 0.527. The van der Waals surface area contributed by atoms with E-state index in [9.17, 15) is 0 Å². The summed E-state index contributed by atoms with van der Waals surface area (Å²) < 4.78 is 0. The van der Waals surface area contributed by atoms with Gasteiger partial charge < -0.3 is 0 Å². The summed E-state index contributed by atoms with van der Waals surface area (Å²) >= 11 is 0. The fourth-order valence-electron chi connectivity index (χ4n) is 3.27. The van der Waals surface area contributed by atoms with Gasteiger partial charge in [0, 0.05) is 0 Å². The highest BCUT2D eigenvalue weighted by atomic mass is 28.3. The molecule has 0 aromatic heterocycles. The Bertz CT molecular complexity index is 146.